The van der Waals surface area contributed by atoms with E-state index < -0.39 is 6.17 Å². The molecule has 1 atom stereocenters. The average Bonchev–Trinajstić information content (AvgIpc) is 2.46. The molecule has 0 aliphatic heterocycles. The van der Waals surface area contributed by atoms with E-state index in [1.807, 2.05) is 6.07 Å². The van der Waals surface area contributed by atoms with Crippen molar-refractivity contribution in [3.8, 4) is 0 Å². The van der Waals surface area contributed by atoms with Crippen LogP contribution in [0.25, 0.3) is 11.0 Å². The summed E-state index contributed by atoms with van der Waals surface area (Å²) in [6, 6.07) is 5.40. The molecule has 2 nitrogen and oxygen atoms in total. The first kappa shape index (κ1) is 8.69. The van der Waals surface area contributed by atoms with Gasteiger partial charge in [0, 0.05) is 9.86 Å². The summed E-state index contributed by atoms with van der Waals surface area (Å²) in [6.07, 6.45) is -1.10. The molecule has 13 heavy (non-hydrogen) atoms. The van der Waals surface area contributed by atoms with Gasteiger partial charge in [-0.1, -0.05) is 21.1 Å². The van der Waals surface area contributed by atoms with Crippen LogP contribution >= 0.6 is 15.9 Å². The van der Waals surface area contributed by atoms with Crippen molar-refractivity contribution in [1.82, 2.24) is 5.16 Å². The Bertz CT molecular complexity index is 438. The van der Waals surface area contributed by atoms with Gasteiger partial charge in [-0.3, -0.25) is 0 Å². The fourth-order valence-electron chi connectivity index (χ4n) is 1.22. The predicted molar refractivity (Wildman–Crippen MR) is 51.2 cm³/mol. The normalized spacial score (nSPS) is 13.5. The summed E-state index contributed by atoms with van der Waals surface area (Å²) in [7, 11) is 0. The molecule has 4 heteroatoms. The monoisotopic (exact) mass is 243 g/mol. The third-order valence-corrected chi connectivity index (χ3v) is 2.33. The summed E-state index contributed by atoms with van der Waals surface area (Å²) in [5, 5.41) is 4.39. The van der Waals surface area contributed by atoms with E-state index in [1.54, 1.807) is 12.1 Å². The van der Waals surface area contributed by atoms with E-state index in [-0.39, 0.29) is 0 Å². The van der Waals surface area contributed by atoms with E-state index in [0.29, 0.717) is 11.3 Å². The number of benzene rings is 1. The largest absolute Gasteiger partial charge is 0.356 e. The van der Waals surface area contributed by atoms with E-state index >= 15 is 0 Å². The highest BCUT2D eigenvalue weighted by Crippen LogP contribution is 2.27. The Morgan fingerprint density at radius 3 is 3.00 bits per heavy atom. The molecule has 0 saturated heterocycles. The van der Waals surface area contributed by atoms with Crippen molar-refractivity contribution in [3.05, 3.63) is 28.4 Å². The molecule has 0 aliphatic carbocycles. The van der Waals surface area contributed by atoms with Gasteiger partial charge in [0.1, 0.15) is 11.9 Å². The van der Waals surface area contributed by atoms with Gasteiger partial charge in [0.2, 0.25) is 0 Å². The van der Waals surface area contributed by atoms with Crippen molar-refractivity contribution in [1.29, 1.82) is 0 Å². The minimum absolute atomic E-state index is 0.358. The Morgan fingerprint density at radius 2 is 2.31 bits per heavy atom. The van der Waals surface area contributed by atoms with Crippen LogP contribution in [0.1, 0.15) is 18.8 Å². The summed E-state index contributed by atoms with van der Waals surface area (Å²) in [5.74, 6) is 0. The number of aromatic nitrogens is 1. The van der Waals surface area contributed by atoms with Crippen molar-refractivity contribution in [3.63, 3.8) is 0 Å². The molecule has 1 aromatic heterocycles. The van der Waals surface area contributed by atoms with Crippen LogP contribution in [0.3, 0.4) is 0 Å². The highest BCUT2D eigenvalue weighted by Gasteiger charge is 2.13. The van der Waals surface area contributed by atoms with Crippen molar-refractivity contribution < 1.29 is 8.91 Å². The second-order valence-corrected chi connectivity index (χ2v) is 3.74. The fourth-order valence-corrected chi connectivity index (χ4v) is 1.58. The SMILES string of the molecule is CC(F)c1noc2ccc(Br)cc12. The predicted octanol–water partition coefficient (Wildman–Crippen LogP) is 3.62. The second-order valence-electron chi connectivity index (χ2n) is 2.82. The zero-order valence-electron chi connectivity index (χ0n) is 6.92. The zero-order chi connectivity index (χ0) is 9.42. The van der Waals surface area contributed by atoms with Crippen LogP contribution in [-0.2, 0) is 0 Å². The van der Waals surface area contributed by atoms with Crippen molar-refractivity contribution in [2.24, 2.45) is 0 Å². The number of fused-ring (bicyclic) bond motifs is 1. The maximum atomic E-state index is 13.0. The lowest BCUT2D eigenvalue weighted by atomic mass is 10.2. The zero-order valence-corrected chi connectivity index (χ0v) is 8.51. The van der Waals surface area contributed by atoms with E-state index in [2.05, 4.69) is 21.1 Å². The van der Waals surface area contributed by atoms with E-state index in [9.17, 15) is 4.39 Å². The number of hydrogen-bond acceptors (Lipinski definition) is 2. The van der Waals surface area contributed by atoms with Crippen molar-refractivity contribution in [2.75, 3.05) is 0 Å². The smallest absolute Gasteiger partial charge is 0.167 e. The third-order valence-electron chi connectivity index (χ3n) is 1.84. The highest BCUT2D eigenvalue weighted by molar-refractivity contribution is 9.10. The maximum absolute atomic E-state index is 13.0. The standard InChI is InChI=1S/C9H7BrFNO/c1-5(11)9-7-4-6(10)2-3-8(7)13-12-9/h2-5H,1H3. The number of hydrogen-bond donors (Lipinski definition) is 0. The molecule has 2 aromatic rings. The minimum atomic E-state index is -1.10. The van der Waals surface area contributed by atoms with Crippen LogP contribution in [0.2, 0.25) is 0 Å². The van der Waals surface area contributed by atoms with Crippen LogP contribution in [-0.4, -0.2) is 5.16 Å². The summed E-state index contributed by atoms with van der Waals surface area (Å²) in [5.41, 5.74) is 0.971. The maximum Gasteiger partial charge on any atom is 0.167 e. The van der Waals surface area contributed by atoms with Gasteiger partial charge >= 0.3 is 0 Å². The van der Waals surface area contributed by atoms with Crippen LogP contribution < -0.4 is 0 Å². The highest BCUT2D eigenvalue weighted by atomic mass is 79.9. The Balaban J connectivity index is 2.71. The minimum Gasteiger partial charge on any atom is -0.356 e. The lowest BCUT2D eigenvalue weighted by Crippen LogP contribution is -1.84. The molecule has 0 radical (unpaired) electrons. The molecule has 1 aromatic carbocycles. The summed E-state index contributed by atoms with van der Waals surface area (Å²) in [6.45, 7) is 1.44. The van der Waals surface area contributed by atoms with Gasteiger partial charge in [-0.2, -0.15) is 0 Å². The quantitative estimate of drug-likeness (QED) is 0.765. The molecule has 0 saturated carbocycles. The first-order chi connectivity index (χ1) is 6.18. The molecule has 0 spiro atoms. The van der Waals surface area contributed by atoms with Crippen molar-refractivity contribution in [2.45, 2.75) is 13.1 Å². The van der Waals surface area contributed by atoms with E-state index in [0.717, 1.165) is 9.86 Å². The van der Waals surface area contributed by atoms with Crippen molar-refractivity contribution >= 4 is 26.9 Å². The molecule has 0 bridgehead atoms. The molecule has 0 fully saturated rings. The van der Waals surface area contributed by atoms with Gasteiger partial charge < -0.3 is 4.52 Å². The van der Waals surface area contributed by atoms with Gasteiger partial charge in [-0.25, -0.2) is 4.39 Å². The lowest BCUT2D eigenvalue weighted by Gasteiger charge is -1.95. The van der Waals surface area contributed by atoms with Crippen LogP contribution in [0.5, 0.6) is 0 Å². The van der Waals surface area contributed by atoms with Crippen LogP contribution in [0, 0.1) is 0 Å². The summed E-state index contributed by atoms with van der Waals surface area (Å²) < 4.78 is 18.8. The molecule has 68 valence electrons. The molecule has 2 rings (SSSR count). The number of nitrogens with zero attached hydrogens (tertiary/aromatic N) is 1. The Morgan fingerprint density at radius 1 is 1.54 bits per heavy atom. The number of alkyl halides is 1. The first-order valence-corrected chi connectivity index (χ1v) is 4.66. The molecule has 1 heterocycles. The van der Waals surface area contributed by atoms with Gasteiger partial charge in [0.05, 0.1) is 0 Å². The Hall–Kier alpha value is -0.900. The molecular weight excluding hydrogens is 237 g/mol. The van der Waals surface area contributed by atoms with Gasteiger partial charge in [0.15, 0.2) is 5.58 Å². The first-order valence-electron chi connectivity index (χ1n) is 3.87. The number of halogens is 2. The third kappa shape index (κ3) is 1.46. The molecule has 0 N–H and O–H groups in total. The van der Waals surface area contributed by atoms with Gasteiger partial charge in [-0.05, 0) is 25.1 Å². The number of rotatable bonds is 1. The van der Waals surface area contributed by atoms with Gasteiger partial charge in [0.25, 0.3) is 0 Å². The molecule has 0 amide bonds. The topological polar surface area (TPSA) is 26.0 Å². The van der Waals surface area contributed by atoms with Crippen LogP contribution in [0.15, 0.2) is 27.2 Å². The Labute approximate surface area is 82.8 Å². The summed E-state index contributed by atoms with van der Waals surface area (Å²) in [4.78, 5) is 0. The molecular formula is C9H7BrFNO. The Kier molecular flexibility index (Phi) is 2.07. The lowest BCUT2D eigenvalue weighted by molar-refractivity contribution is 0.342. The second kappa shape index (κ2) is 3.10. The molecule has 1 unspecified atom stereocenters. The van der Waals surface area contributed by atoms with Gasteiger partial charge in [-0.15, -0.1) is 0 Å². The van der Waals surface area contributed by atoms with E-state index in [4.69, 9.17) is 4.52 Å². The van der Waals surface area contributed by atoms with E-state index in [1.165, 1.54) is 6.92 Å². The fraction of sp³-hybridized carbons (Fsp3) is 0.222. The summed E-state index contributed by atoms with van der Waals surface area (Å²) >= 11 is 3.31. The molecule has 0 aliphatic rings. The van der Waals surface area contributed by atoms with Crippen LogP contribution in [0.4, 0.5) is 4.39 Å². The average molecular weight is 244 g/mol.